The molecule has 0 aromatic heterocycles. The lowest BCUT2D eigenvalue weighted by Gasteiger charge is -2.26. The highest BCUT2D eigenvalue weighted by Gasteiger charge is 2.28. The maximum absolute atomic E-state index is 13.6. The van der Waals surface area contributed by atoms with Crippen LogP contribution in [0, 0.1) is 13.8 Å². The number of benzene rings is 3. The average Bonchev–Trinajstić information content (AvgIpc) is 3.28. The molecule has 1 N–H and O–H groups in total. The second kappa shape index (κ2) is 10.7. The number of nitrogens with zero attached hydrogens (tertiary/aromatic N) is 2. The SMILES string of the molecule is Cc1ccc(S(=O)(=O)N(CC(=O)NCc2cccc(N3CCCC3=O)c2)c2ccc(Cl)cc2C)cc1. The van der Waals surface area contributed by atoms with Crippen molar-refractivity contribution in [1.29, 1.82) is 0 Å². The number of aryl methyl sites for hydroxylation is 2. The first kappa shape index (κ1) is 25.7. The smallest absolute Gasteiger partial charge is 0.264 e. The van der Waals surface area contributed by atoms with Gasteiger partial charge in [0.05, 0.1) is 10.6 Å². The molecule has 36 heavy (non-hydrogen) atoms. The predicted molar refractivity (Wildman–Crippen MR) is 142 cm³/mol. The Bertz CT molecular complexity index is 1390. The summed E-state index contributed by atoms with van der Waals surface area (Å²) in [5, 5.41) is 3.29. The van der Waals surface area contributed by atoms with E-state index in [1.54, 1.807) is 42.2 Å². The fourth-order valence-electron chi connectivity index (χ4n) is 4.18. The molecule has 4 rings (SSSR count). The van der Waals surface area contributed by atoms with Gasteiger partial charge in [-0.15, -0.1) is 0 Å². The largest absolute Gasteiger partial charge is 0.350 e. The average molecular weight is 526 g/mol. The highest BCUT2D eigenvalue weighted by molar-refractivity contribution is 7.92. The molecule has 188 valence electrons. The summed E-state index contributed by atoms with van der Waals surface area (Å²) in [7, 11) is -4.02. The number of amides is 2. The van der Waals surface area contributed by atoms with E-state index in [2.05, 4.69) is 5.32 Å². The highest BCUT2D eigenvalue weighted by atomic mass is 35.5. The Balaban J connectivity index is 1.55. The van der Waals surface area contributed by atoms with E-state index in [1.165, 1.54) is 12.1 Å². The summed E-state index contributed by atoms with van der Waals surface area (Å²) < 4.78 is 28.3. The van der Waals surface area contributed by atoms with Crippen LogP contribution in [0.4, 0.5) is 11.4 Å². The fraction of sp³-hybridized carbons (Fsp3) is 0.259. The topological polar surface area (TPSA) is 86.8 Å². The van der Waals surface area contributed by atoms with E-state index in [-0.39, 0.29) is 17.3 Å². The van der Waals surface area contributed by atoms with E-state index in [0.29, 0.717) is 29.2 Å². The standard InChI is InChI=1S/C27H28ClN3O4S/c1-19-8-11-24(12-9-19)36(34,35)31(25-13-10-22(28)15-20(25)2)18-26(32)29-17-21-5-3-6-23(16-21)30-14-4-7-27(30)33/h3,5-6,8-13,15-16H,4,7,14,17-18H2,1-2H3,(H,29,32). The number of rotatable bonds is 8. The van der Waals surface area contributed by atoms with Gasteiger partial charge in [-0.05, 0) is 73.9 Å². The van der Waals surface area contributed by atoms with Gasteiger partial charge in [-0.25, -0.2) is 8.42 Å². The number of hydrogen-bond acceptors (Lipinski definition) is 4. The minimum atomic E-state index is -4.02. The number of carbonyl (C=O) groups is 2. The van der Waals surface area contributed by atoms with E-state index in [9.17, 15) is 18.0 Å². The van der Waals surface area contributed by atoms with Gasteiger partial charge in [0.2, 0.25) is 11.8 Å². The minimum Gasteiger partial charge on any atom is -0.350 e. The van der Waals surface area contributed by atoms with Gasteiger partial charge in [-0.3, -0.25) is 13.9 Å². The van der Waals surface area contributed by atoms with Crippen LogP contribution in [-0.4, -0.2) is 33.3 Å². The highest BCUT2D eigenvalue weighted by Crippen LogP contribution is 2.29. The first-order valence-corrected chi connectivity index (χ1v) is 13.5. The van der Waals surface area contributed by atoms with Crippen molar-refractivity contribution in [3.05, 3.63) is 88.4 Å². The van der Waals surface area contributed by atoms with Gasteiger partial charge in [-0.1, -0.05) is 41.4 Å². The lowest BCUT2D eigenvalue weighted by Crippen LogP contribution is -2.41. The summed E-state index contributed by atoms with van der Waals surface area (Å²) >= 11 is 6.09. The Morgan fingerprint density at radius 2 is 1.81 bits per heavy atom. The summed E-state index contributed by atoms with van der Waals surface area (Å²) in [5.74, 6) is -0.367. The van der Waals surface area contributed by atoms with Crippen molar-refractivity contribution in [3.63, 3.8) is 0 Å². The van der Waals surface area contributed by atoms with Crippen molar-refractivity contribution < 1.29 is 18.0 Å². The lowest BCUT2D eigenvalue weighted by atomic mass is 10.2. The number of hydrogen-bond donors (Lipinski definition) is 1. The number of anilines is 2. The third-order valence-corrected chi connectivity index (χ3v) is 8.12. The third-order valence-electron chi connectivity index (χ3n) is 6.11. The van der Waals surface area contributed by atoms with Gasteiger partial charge in [0.25, 0.3) is 10.0 Å². The lowest BCUT2D eigenvalue weighted by molar-refractivity contribution is -0.120. The van der Waals surface area contributed by atoms with Crippen molar-refractivity contribution in [3.8, 4) is 0 Å². The van der Waals surface area contributed by atoms with E-state index in [1.807, 2.05) is 31.2 Å². The maximum Gasteiger partial charge on any atom is 0.264 e. The number of halogens is 1. The first-order chi connectivity index (χ1) is 17.1. The molecule has 1 aliphatic heterocycles. The Labute approximate surface area is 216 Å². The van der Waals surface area contributed by atoms with Gasteiger partial charge < -0.3 is 10.2 Å². The summed E-state index contributed by atoms with van der Waals surface area (Å²) in [5.41, 5.74) is 3.55. The van der Waals surface area contributed by atoms with Crippen LogP contribution >= 0.6 is 11.6 Å². The molecule has 0 aliphatic carbocycles. The van der Waals surface area contributed by atoms with Crippen LogP contribution in [0.1, 0.15) is 29.5 Å². The van der Waals surface area contributed by atoms with Gasteiger partial charge in [0, 0.05) is 30.2 Å². The molecular weight excluding hydrogens is 498 g/mol. The summed E-state index contributed by atoms with van der Waals surface area (Å²) in [6, 6.07) is 18.8. The summed E-state index contributed by atoms with van der Waals surface area (Å²) in [6.45, 7) is 4.11. The molecule has 9 heteroatoms. The Kier molecular flexibility index (Phi) is 7.66. The van der Waals surface area contributed by atoms with Crippen molar-refractivity contribution in [2.75, 3.05) is 22.3 Å². The molecule has 0 spiro atoms. The Morgan fingerprint density at radius 1 is 1.06 bits per heavy atom. The molecule has 3 aromatic carbocycles. The van der Waals surface area contributed by atoms with E-state index >= 15 is 0 Å². The van der Waals surface area contributed by atoms with Crippen LogP contribution in [0.15, 0.2) is 71.6 Å². The number of nitrogens with one attached hydrogen (secondary N) is 1. The molecule has 0 unspecified atom stereocenters. The number of carbonyl (C=O) groups excluding carboxylic acids is 2. The van der Waals surface area contributed by atoms with Crippen LogP contribution in [0.25, 0.3) is 0 Å². The minimum absolute atomic E-state index is 0.0893. The van der Waals surface area contributed by atoms with Crippen molar-refractivity contribution in [2.45, 2.75) is 38.1 Å². The zero-order valence-electron chi connectivity index (χ0n) is 20.2. The zero-order chi connectivity index (χ0) is 25.9. The van der Waals surface area contributed by atoms with Gasteiger partial charge >= 0.3 is 0 Å². The molecule has 1 heterocycles. The zero-order valence-corrected chi connectivity index (χ0v) is 21.8. The van der Waals surface area contributed by atoms with Crippen LogP contribution in [0.5, 0.6) is 0 Å². The fourth-order valence-corrected chi connectivity index (χ4v) is 5.89. The quantitative estimate of drug-likeness (QED) is 0.466. The van der Waals surface area contributed by atoms with E-state index in [4.69, 9.17) is 11.6 Å². The van der Waals surface area contributed by atoms with Crippen molar-refractivity contribution in [1.82, 2.24) is 5.32 Å². The summed E-state index contributed by atoms with van der Waals surface area (Å²) in [6.07, 6.45) is 1.37. The van der Waals surface area contributed by atoms with E-state index in [0.717, 1.165) is 27.5 Å². The van der Waals surface area contributed by atoms with Crippen molar-refractivity contribution in [2.24, 2.45) is 0 Å². The molecule has 7 nitrogen and oxygen atoms in total. The molecule has 1 aliphatic rings. The van der Waals surface area contributed by atoms with Gasteiger partial charge in [0.15, 0.2) is 0 Å². The van der Waals surface area contributed by atoms with Crippen molar-refractivity contribution >= 4 is 44.8 Å². The molecule has 2 amide bonds. The molecule has 1 fully saturated rings. The molecule has 0 bridgehead atoms. The second-order valence-electron chi connectivity index (χ2n) is 8.85. The summed E-state index contributed by atoms with van der Waals surface area (Å²) in [4.78, 5) is 26.9. The molecular formula is C27H28ClN3O4S. The molecule has 0 atom stereocenters. The maximum atomic E-state index is 13.6. The molecule has 0 radical (unpaired) electrons. The monoisotopic (exact) mass is 525 g/mol. The van der Waals surface area contributed by atoms with E-state index < -0.39 is 22.5 Å². The van der Waals surface area contributed by atoms with Gasteiger partial charge in [0.1, 0.15) is 6.54 Å². The molecule has 3 aromatic rings. The number of sulfonamides is 1. The Morgan fingerprint density at radius 3 is 2.47 bits per heavy atom. The van der Waals surface area contributed by atoms with Crippen LogP contribution < -0.4 is 14.5 Å². The molecule has 0 saturated carbocycles. The third kappa shape index (κ3) is 5.71. The first-order valence-electron chi connectivity index (χ1n) is 11.7. The normalized spacial score (nSPS) is 13.6. The van der Waals surface area contributed by atoms with Crippen LogP contribution in [0.2, 0.25) is 5.02 Å². The predicted octanol–water partition coefficient (Wildman–Crippen LogP) is 4.60. The molecule has 1 saturated heterocycles. The second-order valence-corrected chi connectivity index (χ2v) is 11.1. The van der Waals surface area contributed by atoms with Gasteiger partial charge in [-0.2, -0.15) is 0 Å². The van der Waals surface area contributed by atoms with Crippen LogP contribution in [0.3, 0.4) is 0 Å². The van der Waals surface area contributed by atoms with Crippen LogP contribution in [-0.2, 0) is 26.2 Å². The Hall–Kier alpha value is -3.36.